The standard InChI is InChI=1S/C16H23NO3/c1-16(7-4-8-17-11-16)15(18)9-12-10-19-13-5-2-3-6-14(13)20-12/h2-3,5-6,12,15,17-18H,4,7-11H2,1H3. The molecule has 0 saturated carbocycles. The van der Waals surface area contributed by atoms with Crippen LogP contribution in [0.5, 0.6) is 11.5 Å². The number of nitrogens with one attached hydrogen (secondary N) is 1. The van der Waals surface area contributed by atoms with E-state index in [0.29, 0.717) is 13.0 Å². The smallest absolute Gasteiger partial charge is 0.161 e. The molecule has 20 heavy (non-hydrogen) atoms. The zero-order valence-corrected chi connectivity index (χ0v) is 12.0. The Hall–Kier alpha value is -1.26. The molecule has 0 radical (unpaired) electrons. The molecule has 1 aromatic carbocycles. The summed E-state index contributed by atoms with van der Waals surface area (Å²) >= 11 is 0. The lowest BCUT2D eigenvalue weighted by molar-refractivity contribution is -0.0259. The summed E-state index contributed by atoms with van der Waals surface area (Å²) in [5.74, 6) is 1.58. The predicted molar refractivity (Wildman–Crippen MR) is 77.2 cm³/mol. The number of benzene rings is 1. The van der Waals surface area contributed by atoms with Gasteiger partial charge < -0.3 is 19.9 Å². The molecule has 4 nitrogen and oxygen atoms in total. The Morgan fingerprint density at radius 1 is 1.40 bits per heavy atom. The van der Waals surface area contributed by atoms with E-state index >= 15 is 0 Å². The molecule has 2 aliphatic rings. The van der Waals surface area contributed by atoms with Gasteiger partial charge in [-0.05, 0) is 31.5 Å². The van der Waals surface area contributed by atoms with E-state index in [-0.39, 0.29) is 17.6 Å². The van der Waals surface area contributed by atoms with E-state index in [0.717, 1.165) is 37.4 Å². The normalized spacial score (nSPS) is 30.8. The minimum atomic E-state index is -0.367. The van der Waals surface area contributed by atoms with E-state index in [1.54, 1.807) is 0 Å². The number of hydrogen-bond acceptors (Lipinski definition) is 4. The molecule has 1 aromatic rings. The number of para-hydroxylation sites is 2. The second-order valence-corrected chi connectivity index (χ2v) is 6.18. The van der Waals surface area contributed by atoms with Gasteiger partial charge in [0.1, 0.15) is 12.7 Å². The van der Waals surface area contributed by atoms with Crippen molar-refractivity contribution < 1.29 is 14.6 Å². The van der Waals surface area contributed by atoms with E-state index in [1.165, 1.54) is 0 Å². The van der Waals surface area contributed by atoms with Crippen LogP contribution in [0.15, 0.2) is 24.3 Å². The SMILES string of the molecule is CC1(C(O)CC2COc3ccccc3O2)CCCNC1. The maximum Gasteiger partial charge on any atom is 0.161 e. The molecule has 3 atom stereocenters. The lowest BCUT2D eigenvalue weighted by Gasteiger charge is -2.40. The van der Waals surface area contributed by atoms with Crippen molar-refractivity contribution in [1.82, 2.24) is 5.32 Å². The van der Waals surface area contributed by atoms with Crippen LogP contribution in [0.4, 0.5) is 0 Å². The zero-order valence-electron chi connectivity index (χ0n) is 12.0. The number of piperidine rings is 1. The largest absolute Gasteiger partial charge is 0.486 e. The Kier molecular flexibility index (Phi) is 3.85. The zero-order chi connectivity index (χ0) is 14.0. The highest BCUT2D eigenvalue weighted by atomic mass is 16.6. The fourth-order valence-corrected chi connectivity index (χ4v) is 3.08. The van der Waals surface area contributed by atoms with Crippen molar-refractivity contribution in [3.63, 3.8) is 0 Å². The van der Waals surface area contributed by atoms with Crippen molar-refractivity contribution in [2.24, 2.45) is 5.41 Å². The van der Waals surface area contributed by atoms with Gasteiger partial charge in [-0.15, -0.1) is 0 Å². The first kappa shape index (κ1) is 13.7. The molecule has 3 unspecified atom stereocenters. The summed E-state index contributed by atoms with van der Waals surface area (Å²) in [7, 11) is 0. The summed E-state index contributed by atoms with van der Waals surface area (Å²) in [6, 6.07) is 7.70. The lowest BCUT2D eigenvalue weighted by atomic mass is 9.76. The van der Waals surface area contributed by atoms with Gasteiger partial charge >= 0.3 is 0 Å². The molecular formula is C16H23NO3. The van der Waals surface area contributed by atoms with E-state index < -0.39 is 0 Å². The van der Waals surface area contributed by atoms with Gasteiger partial charge in [0.25, 0.3) is 0 Å². The Morgan fingerprint density at radius 2 is 2.20 bits per heavy atom. The van der Waals surface area contributed by atoms with Crippen LogP contribution < -0.4 is 14.8 Å². The number of hydrogen-bond donors (Lipinski definition) is 2. The van der Waals surface area contributed by atoms with Crippen molar-refractivity contribution in [2.75, 3.05) is 19.7 Å². The average molecular weight is 277 g/mol. The molecule has 2 N–H and O–H groups in total. The van der Waals surface area contributed by atoms with Crippen LogP contribution in [0, 0.1) is 5.41 Å². The number of fused-ring (bicyclic) bond motifs is 1. The summed E-state index contributed by atoms with van der Waals surface area (Å²) in [4.78, 5) is 0. The molecule has 1 fully saturated rings. The first-order valence-electron chi connectivity index (χ1n) is 7.45. The Balaban J connectivity index is 1.61. The molecule has 3 rings (SSSR count). The Bertz CT molecular complexity index is 457. The van der Waals surface area contributed by atoms with Crippen LogP contribution in [0.1, 0.15) is 26.2 Å². The minimum Gasteiger partial charge on any atom is -0.486 e. The topological polar surface area (TPSA) is 50.7 Å². The van der Waals surface area contributed by atoms with Gasteiger partial charge in [-0.1, -0.05) is 19.1 Å². The maximum absolute atomic E-state index is 10.6. The Labute approximate surface area is 120 Å². The number of rotatable bonds is 3. The highest BCUT2D eigenvalue weighted by Gasteiger charge is 2.37. The van der Waals surface area contributed by atoms with Gasteiger partial charge in [0.05, 0.1) is 6.10 Å². The number of aliphatic hydroxyl groups is 1. The highest BCUT2D eigenvalue weighted by molar-refractivity contribution is 5.40. The summed E-state index contributed by atoms with van der Waals surface area (Å²) in [6.45, 7) is 4.59. The van der Waals surface area contributed by atoms with Gasteiger partial charge in [0.15, 0.2) is 11.5 Å². The van der Waals surface area contributed by atoms with Gasteiger partial charge in [-0.2, -0.15) is 0 Å². The molecule has 110 valence electrons. The fourth-order valence-electron chi connectivity index (χ4n) is 3.08. The second-order valence-electron chi connectivity index (χ2n) is 6.18. The van der Waals surface area contributed by atoms with Crippen molar-refractivity contribution in [1.29, 1.82) is 0 Å². The Morgan fingerprint density at radius 3 is 2.95 bits per heavy atom. The third-order valence-corrected chi connectivity index (χ3v) is 4.49. The third kappa shape index (κ3) is 2.76. The van der Waals surface area contributed by atoms with Crippen molar-refractivity contribution in [3.8, 4) is 11.5 Å². The van der Waals surface area contributed by atoms with Gasteiger partial charge in [0.2, 0.25) is 0 Å². The fraction of sp³-hybridized carbons (Fsp3) is 0.625. The summed E-state index contributed by atoms with van der Waals surface area (Å²) in [5, 5.41) is 13.9. The van der Waals surface area contributed by atoms with Gasteiger partial charge in [0, 0.05) is 18.4 Å². The molecule has 2 heterocycles. The molecule has 0 aromatic heterocycles. The van der Waals surface area contributed by atoms with Crippen molar-refractivity contribution in [3.05, 3.63) is 24.3 Å². The van der Waals surface area contributed by atoms with Gasteiger partial charge in [-0.3, -0.25) is 0 Å². The molecule has 4 heteroatoms. The quantitative estimate of drug-likeness (QED) is 0.887. The van der Waals surface area contributed by atoms with Crippen LogP contribution in [-0.4, -0.2) is 37.0 Å². The lowest BCUT2D eigenvalue weighted by Crippen LogP contribution is -2.48. The average Bonchev–Trinajstić information content (AvgIpc) is 2.48. The molecule has 0 bridgehead atoms. The van der Waals surface area contributed by atoms with Crippen LogP contribution in [0.2, 0.25) is 0 Å². The first-order valence-corrected chi connectivity index (χ1v) is 7.45. The maximum atomic E-state index is 10.6. The molecule has 1 saturated heterocycles. The third-order valence-electron chi connectivity index (χ3n) is 4.49. The molecule has 0 spiro atoms. The second kappa shape index (κ2) is 5.62. The van der Waals surface area contributed by atoms with E-state index in [1.807, 2.05) is 24.3 Å². The highest BCUT2D eigenvalue weighted by Crippen LogP contribution is 2.35. The number of ether oxygens (including phenoxy) is 2. The van der Waals surface area contributed by atoms with Crippen LogP contribution in [0.3, 0.4) is 0 Å². The summed E-state index contributed by atoms with van der Waals surface area (Å²) in [5.41, 5.74) is -0.0570. The van der Waals surface area contributed by atoms with Crippen LogP contribution >= 0.6 is 0 Å². The first-order chi connectivity index (χ1) is 9.67. The van der Waals surface area contributed by atoms with Crippen molar-refractivity contribution in [2.45, 2.75) is 38.4 Å². The predicted octanol–water partition coefficient (Wildman–Crippen LogP) is 1.97. The van der Waals surface area contributed by atoms with Crippen LogP contribution in [-0.2, 0) is 0 Å². The minimum absolute atomic E-state index is 0.0570. The van der Waals surface area contributed by atoms with Crippen LogP contribution in [0.25, 0.3) is 0 Å². The molecule has 2 aliphatic heterocycles. The van der Waals surface area contributed by atoms with Gasteiger partial charge in [-0.25, -0.2) is 0 Å². The van der Waals surface area contributed by atoms with E-state index in [2.05, 4.69) is 12.2 Å². The molecular weight excluding hydrogens is 254 g/mol. The molecule has 0 aliphatic carbocycles. The summed E-state index contributed by atoms with van der Waals surface area (Å²) in [6.07, 6.45) is 2.36. The monoisotopic (exact) mass is 277 g/mol. The molecule has 0 amide bonds. The van der Waals surface area contributed by atoms with Crippen molar-refractivity contribution >= 4 is 0 Å². The van der Waals surface area contributed by atoms with E-state index in [4.69, 9.17) is 9.47 Å². The van der Waals surface area contributed by atoms with E-state index in [9.17, 15) is 5.11 Å². The summed E-state index contributed by atoms with van der Waals surface area (Å²) < 4.78 is 11.6. The number of aliphatic hydroxyl groups excluding tert-OH is 1.